The molecule has 0 aromatic heterocycles. The van der Waals surface area contributed by atoms with Gasteiger partial charge < -0.3 is 20.2 Å². The molecule has 1 aliphatic rings. The van der Waals surface area contributed by atoms with Crippen LogP contribution in [-0.2, 0) is 14.8 Å². The smallest absolute Gasteiger partial charge is 0.337 e. The van der Waals surface area contributed by atoms with Gasteiger partial charge in [0.15, 0.2) is 0 Å². The van der Waals surface area contributed by atoms with Crippen LogP contribution in [0.3, 0.4) is 0 Å². The van der Waals surface area contributed by atoms with Crippen LogP contribution in [0.5, 0.6) is 0 Å². The molecule has 1 aromatic carbocycles. The molecular weight excluding hydrogens is 412 g/mol. The third kappa shape index (κ3) is 5.89. The molecule has 9 nitrogen and oxygen atoms in total. The van der Waals surface area contributed by atoms with Gasteiger partial charge in [0.25, 0.3) is 6.47 Å². The first-order valence-electron chi connectivity index (χ1n) is 8.39. The first kappa shape index (κ1) is 24.3. The number of carboxylic acid groups (broad SMARTS) is 2. The largest absolute Gasteiger partial charge is 0.483 e. The molecule has 0 spiro atoms. The minimum atomic E-state index is -3.81. The van der Waals surface area contributed by atoms with E-state index in [9.17, 15) is 18.3 Å². The van der Waals surface area contributed by atoms with Crippen molar-refractivity contribution in [2.75, 3.05) is 40.3 Å². The molecule has 11 heteroatoms. The maximum Gasteiger partial charge on any atom is 0.337 e. The molecule has 3 N–H and O–H groups in total. The van der Waals surface area contributed by atoms with Crippen molar-refractivity contribution in [3.63, 3.8) is 0 Å². The lowest BCUT2D eigenvalue weighted by molar-refractivity contribution is -0.122. The van der Waals surface area contributed by atoms with E-state index in [2.05, 4.69) is 0 Å². The average Bonchev–Trinajstić information content (AvgIpc) is 2.62. The van der Waals surface area contributed by atoms with Crippen LogP contribution in [-0.4, -0.2) is 85.7 Å². The van der Waals surface area contributed by atoms with Gasteiger partial charge in [0.1, 0.15) is 0 Å². The Morgan fingerprint density at radius 2 is 1.86 bits per heavy atom. The van der Waals surface area contributed by atoms with Crippen molar-refractivity contribution >= 4 is 34.1 Å². The SMILES string of the molecule is CN(C)CC1(CO)CCN(S(=O)(=O)c2ccc(Cl)c(C(=O)O)c2)CC1.O=CO. The number of halogens is 1. The lowest BCUT2D eigenvalue weighted by atomic mass is 9.79. The van der Waals surface area contributed by atoms with Crippen molar-refractivity contribution < 1.29 is 33.3 Å². The monoisotopic (exact) mass is 436 g/mol. The summed E-state index contributed by atoms with van der Waals surface area (Å²) in [6.07, 6.45) is 1.08. The first-order chi connectivity index (χ1) is 13.0. The van der Waals surface area contributed by atoms with E-state index in [0.29, 0.717) is 19.4 Å². The number of aliphatic hydroxyl groups excluding tert-OH is 1. The molecule has 1 heterocycles. The molecular formula is C17H25ClN2O7S. The summed E-state index contributed by atoms with van der Waals surface area (Å²) in [5.41, 5.74) is -0.557. The zero-order chi connectivity index (χ0) is 21.5. The van der Waals surface area contributed by atoms with Gasteiger partial charge in [0.2, 0.25) is 10.0 Å². The van der Waals surface area contributed by atoms with Gasteiger partial charge in [-0.2, -0.15) is 4.31 Å². The highest BCUT2D eigenvalue weighted by Crippen LogP contribution is 2.34. The van der Waals surface area contributed by atoms with Crippen molar-refractivity contribution in [1.82, 2.24) is 9.21 Å². The van der Waals surface area contributed by atoms with Gasteiger partial charge >= 0.3 is 5.97 Å². The predicted octanol–water partition coefficient (Wildman–Crippen LogP) is 1.06. The number of benzene rings is 1. The predicted molar refractivity (Wildman–Crippen MR) is 103 cm³/mol. The second kappa shape index (κ2) is 10.2. The molecule has 0 amide bonds. The quantitative estimate of drug-likeness (QED) is 0.563. The summed E-state index contributed by atoms with van der Waals surface area (Å²) in [4.78, 5) is 21.4. The lowest BCUT2D eigenvalue weighted by Gasteiger charge is -2.41. The number of piperidine rings is 1. The molecule has 1 aliphatic heterocycles. The van der Waals surface area contributed by atoms with Crippen molar-refractivity contribution in [3.8, 4) is 0 Å². The van der Waals surface area contributed by atoms with Crippen LogP contribution in [0, 0.1) is 5.41 Å². The Morgan fingerprint density at radius 1 is 1.32 bits per heavy atom. The van der Waals surface area contributed by atoms with E-state index in [4.69, 9.17) is 26.6 Å². The lowest BCUT2D eigenvalue weighted by Crippen LogP contribution is -2.48. The van der Waals surface area contributed by atoms with E-state index >= 15 is 0 Å². The van der Waals surface area contributed by atoms with Crippen LogP contribution in [0.2, 0.25) is 5.02 Å². The Labute approximate surface area is 169 Å². The van der Waals surface area contributed by atoms with E-state index < -0.39 is 16.0 Å². The number of aliphatic hydroxyl groups is 1. The van der Waals surface area contributed by atoms with E-state index in [1.165, 1.54) is 16.4 Å². The Kier molecular flexibility index (Phi) is 8.83. The Morgan fingerprint density at radius 3 is 2.29 bits per heavy atom. The van der Waals surface area contributed by atoms with Gasteiger partial charge in [-0.05, 0) is 45.1 Å². The number of nitrogens with zero attached hydrogens (tertiary/aromatic N) is 2. The highest BCUT2D eigenvalue weighted by Gasteiger charge is 2.38. The van der Waals surface area contributed by atoms with Gasteiger partial charge in [-0.3, -0.25) is 4.79 Å². The fraction of sp³-hybridized carbons (Fsp3) is 0.529. The summed E-state index contributed by atoms with van der Waals surface area (Å²) >= 11 is 5.81. The number of aromatic carboxylic acids is 1. The molecule has 28 heavy (non-hydrogen) atoms. The van der Waals surface area contributed by atoms with Crippen LogP contribution >= 0.6 is 11.6 Å². The van der Waals surface area contributed by atoms with Crippen LogP contribution in [0.25, 0.3) is 0 Å². The minimum absolute atomic E-state index is 0.00315. The molecule has 1 aromatic rings. The van der Waals surface area contributed by atoms with Crippen molar-refractivity contribution in [1.29, 1.82) is 0 Å². The number of hydrogen-bond acceptors (Lipinski definition) is 6. The molecule has 0 saturated carbocycles. The van der Waals surface area contributed by atoms with Crippen LogP contribution in [0.1, 0.15) is 23.2 Å². The van der Waals surface area contributed by atoms with Crippen molar-refractivity contribution in [2.24, 2.45) is 5.41 Å². The molecule has 1 fully saturated rings. The molecule has 158 valence electrons. The standard InChI is InChI=1S/C16H23ClN2O5S.CH2O2/c1-18(2)10-16(11-20)5-7-19(8-6-16)25(23,24)12-3-4-14(17)13(9-12)15(21)22;2-1-3/h3-4,9,20H,5-8,10-11H2,1-2H3,(H,21,22);1H,(H,2,3). The molecule has 0 atom stereocenters. The topological polar surface area (TPSA) is 135 Å². The van der Waals surface area contributed by atoms with Gasteiger partial charge in [-0.15, -0.1) is 0 Å². The summed E-state index contributed by atoms with van der Waals surface area (Å²) < 4.78 is 27.0. The second-order valence-corrected chi connectivity index (χ2v) is 9.20. The highest BCUT2D eigenvalue weighted by atomic mass is 35.5. The summed E-state index contributed by atoms with van der Waals surface area (Å²) in [5, 5.41) is 25.8. The van der Waals surface area contributed by atoms with Gasteiger partial charge in [0.05, 0.1) is 22.1 Å². The summed E-state index contributed by atoms with van der Waals surface area (Å²) in [6.45, 7) is 0.994. The normalized spacial score (nSPS) is 16.9. The zero-order valence-corrected chi connectivity index (χ0v) is 17.3. The van der Waals surface area contributed by atoms with Gasteiger partial charge in [0, 0.05) is 25.0 Å². The van der Waals surface area contributed by atoms with E-state index in [-0.39, 0.29) is 47.1 Å². The minimum Gasteiger partial charge on any atom is -0.483 e. The molecule has 1 saturated heterocycles. The number of hydrogen-bond donors (Lipinski definition) is 3. The Bertz CT molecular complexity index is 791. The summed E-state index contributed by atoms with van der Waals surface area (Å²) in [7, 11) is 0.0311. The van der Waals surface area contributed by atoms with Gasteiger partial charge in [-0.25, -0.2) is 13.2 Å². The Hall–Kier alpha value is -1.72. The maximum atomic E-state index is 12.8. The molecule has 0 aliphatic carbocycles. The summed E-state index contributed by atoms with van der Waals surface area (Å²) in [6, 6.07) is 3.69. The van der Waals surface area contributed by atoms with E-state index in [1.807, 2.05) is 19.0 Å². The zero-order valence-electron chi connectivity index (χ0n) is 15.7. The second-order valence-electron chi connectivity index (χ2n) is 6.85. The number of carbonyl (C=O) groups is 2. The fourth-order valence-corrected chi connectivity index (χ4v) is 4.88. The Balaban J connectivity index is 0.00000122. The third-order valence-corrected chi connectivity index (χ3v) is 6.80. The van der Waals surface area contributed by atoms with E-state index in [0.717, 1.165) is 6.07 Å². The third-order valence-electron chi connectivity index (χ3n) is 4.58. The number of rotatable bonds is 6. The molecule has 0 bridgehead atoms. The van der Waals surface area contributed by atoms with Crippen molar-refractivity contribution in [2.45, 2.75) is 17.7 Å². The molecule has 0 radical (unpaired) electrons. The van der Waals surface area contributed by atoms with Crippen LogP contribution in [0.15, 0.2) is 23.1 Å². The maximum absolute atomic E-state index is 12.8. The number of sulfonamides is 1. The average molecular weight is 437 g/mol. The van der Waals surface area contributed by atoms with Crippen molar-refractivity contribution in [3.05, 3.63) is 28.8 Å². The molecule has 0 unspecified atom stereocenters. The van der Waals surface area contributed by atoms with Gasteiger partial charge in [-0.1, -0.05) is 11.6 Å². The van der Waals surface area contributed by atoms with E-state index in [1.54, 1.807) is 0 Å². The highest BCUT2D eigenvalue weighted by molar-refractivity contribution is 7.89. The molecule has 2 rings (SSSR count). The fourth-order valence-electron chi connectivity index (χ4n) is 3.22. The summed E-state index contributed by atoms with van der Waals surface area (Å²) in [5.74, 6) is -1.27. The number of carboxylic acids is 1. The van der Waals surface area contributed by atoms with Crippen LogP contribution < -0.4 is 0 Å². The van der Waals surface area contributed by atoms with Crippen LogP contribution in [0.4, 0.5) is 0 Å². The first-order valence-corrected chi connectivity index (χ1v) is 10.2.